The van der Waals surface area contributed by atoms with E-state index < -0.39 is 9.84 Å². The third-order valence-electron chi connectivity index (χ3n) is 3.03. The standard InChI is InChI=1S/C12H17BrN2O2S/c1-15(2)12-4-3-9(13)7-11(12)14-10-5-6-18(16,17)8-10/h3-4,7,10,14H,5-6,8H2,1-2H3. The van der Waals surface area contributed by atoms with Crippen molar-refractivity contribution in [3.63, 3.8) is 0 Å². The number of hydrogen-bond donors (Lipinski definition) is 1. The number of sulfone groups is 1. The molecule has 18 heavy (non-hydrogen) atoms. The summed E-state index contributed by atoms with van der Waals surface area (Å²) in [6.07, 6.45) is 0.682. The van der Waals surface area contributed by atoms with Gasteiger partial charge in [-0.15, -0.1) is 0 Å². The van der Waals surface area contributed by atoms with Crippen LogP contribution in [0.3, 0.4) is 0 Å². The molecule has 1 unspecified atom stereocenters. The van der Waals surface area contributed by atoms with Crippen LogP contribution < -0.4 is 10.2 Å². The fourth-order valence-electron chi connectivity index (χ4n) is 2.14. The Hall–Kier alpha value is -0.750. The number of hydrogen-bond acceptors (Lipinski definition) is 4. The predicted octanol–water partition coefficient (Wildman–Crippen LogP) is 2.11. The number of nitrogens with one attached hydrogen (secondary N) is 1. The summed E-state index contributed by atoms with van der Waals surface area (Å²) in [5, 5.41) is 3.34. The van der Waals surface area contributed by atoms with E-state index in [-0.39, 0.29) is 17.5 Å². The Morgan fingerprint density at radius 1 is 1.39 bits per heavy atom. The Balaban J connectivity index is 2.21. The molecule has 1 aromatic carbocycles. The summed E-state index contributed by atoms with van der Waals surface area (Å²) < 4.78 is 23.9. The van der Waals surface area contributed by atoms with Gasteiger partial charge >= 0.3 is 0 Å². The lowest BCUT2D eigenvalue weighted by Crippen LogP contribution is -2.22. The van der Waals surface area contributed by atoms with Gasteiger partial charge in [-0.2, -0.15) is 0 Å². The van der Waals surface area contributed by atoms with Crippen LogP contribution in [0.4, 0.5) is 11.4 Å². The lowest BCUT2D eigenvalue weighted by molar-refractivity contribution is 0.602. The van der Waals surface area contributed by atoms with E-state index in [0.717, 1.165) is 15.8 Å². The summed E-state index contributed by atoms with van der Waals surface area (Å²) in [7, 11) is 1.10. The number of benzene rings is 1. The van der Waals surface area contributed by atoms with E-state index in [4.69, 9.17) is 0 Å². The highest BCUT2D eigenvalue weighted by Gasteiger charge is 2.28. The van der Waals surface area contributed by atoms with Crippen LogP contribution >= 0.6 is 15.9 Å². The number of nitrogens with zero attached hydrogens (tertiary/aromatic N) is 1. The molecule has 1 atom stereocenters. The highest BCUT2D eigenvalue weighted by Crippen LogP contribution is 2.30. The van der Waals surface area contributed by atoms with E-state index >= 15 is 0 Å². The van der Waals surface area contributed by atoms with Crippen LogP contribution in [0.25, 0.3) is 0 Å². The molecule has 6 heteroatoms. The zero-order valence-electron chi connectivity index (χ0n) is 10.5. The van der Waals surface area contributed by atoms with E-state index in [0.29, 0.717) is 6.42 Å². The first kappa shape index (κ1) is 13.7. The summed E-state index contributed by atoms with van der Waals surface area (Å²) in [6.45, 7) is 0. The largest absolute Gasteiger partial charge is 0.380 e. The Bertz CT molecular complexity index is 543. The molecule has 0 radical (unpaired) electrons. The molecule has 1 heterocycles. The fourth-order valence-corrected chi connectivity index (χ4v) is 4.18. The second-order valence-corrected chi connectivity index (χ2v) is 7.94. The minimum absolute atomic E-state index is 0.0167. The number of anilines is 2. The molecule has 1 N–H and O–H groups in total. The zero-order valence-corrected chi connectivity index (χ0v) is 12.9. The van der Waals surface area contributed by atoms with Crippen molar-refractivity contribution in [3.05, 3.63) is 22.7 Å². The van der Waals surface area contributed by atoms with Gasteiger partial charge in [0.15, 0.2) is 9.84 Å². The molecule has 1 fully saturated rings. The van der Waals surface area contributed by atoms with Crippen LogP contribution in [0.1, 0.15) is 6.42 Å². The molecule has 100 valence electrons. The minimum atomic E-state index is -2.85. The summed E-state index contributed by atoms with van der Waals surface area (Å²) in [4.78, 5) is 2.01. The second kappa shape index (κ2) is 5.09. The van der Waals surface area contributed by atoms with Gasteiger partial charge in [0.1, 0.15) is 0 Å². The summed E-state index contributed by atoms with van der Waals surface area (Å²) >= 11 is 3.44. The van der Waals surface area contributed by atoms with Gasteiger partial charge in [-0.25, -0.2) is 8.42 Å². The molecule has 1 aromatic rings. The van der Waals surface area contributed by atoms with Crippen molar-refractivity contribution in [1.29, 1.82) is 0 Å². The zero-order chi connectivity index (χ0) is 13.3. The van der Waals surface area contributed by atoms with Crippen molar-refractivity contribution in [2.24, 2.45) is 0 Å². The molecule has 2 rings (SSSR count). The third kappa shape index (κ3) is 3.17. The van der Waals surface area contributed by atoms with Crippen LogP contribution in [-0.2, 0) is 9.84 Å². The van der Waals surface area contributed by atoms with Crippen molar-refractivity contribution in [3.8, 4) is 0 Å². The number of rotatable bonds is 3. The molecular weight excluding hydrogens is 316 g/mol. The smallest absolute Gasteiger partial charge is 0.152 e. The molecule has 0 aliphatic carbocycles. The molecule has 0 saturated carbocycles. The third-order valence-corrected chi connectivity index (χ3v) is 5.29. The van der Waals surface area contributed by atoms with Crippen LogP contribution in [0.5, 0.6) is 0 Å². The van der Waals surface area contributed by atoms with Crippen LogP contribution in [-0.4, -0.2) is 40.1 Å². The van der Waals surface area contributed by atoms with Crippen LogP contribution in [0, 0.1) is 0 Å². The maximum absolute atomic E-state index is 11.5. The van der Waals surface area contributed by atoms with Crippen molar-refractivity contribution < 1.29 is 8.42 Å². The van der Waals surface area contributed by atoms with Crippen molar-refractivity contribution in [2.45, 2.75) is 12.5 Å². The highest BCUT2D eigenvalue weighted by molar-refractivity contribution is 9.10. The van der Waals surface area contributed by atoms with E-state index in [1.54, 1.807) is 0 Å². The van der Waals surface area contributed by atoms with Gasteiger partial charge in [-0.3, -0.25) is 0 Å². The molecule has 0 bridgehead atoms. The maximum Gasteiger partial charge on any atom is 0.152 e. The molecule has 1 aliphatic rings. The van der Waals surface area contributed by atoms with Crippen molar-refractivity contribution in [1.82, 2.24) is 0 Å². The Morgan fingerprint density at radius 2 is 2.11 bits per heavy atom. The number of halogens is 1. The first-order chi connectivity index (χ1) is 8.37. The Labute approximate surface area is 116 Å². The van der Waals surface area contributed by atoms with E-state index in [2.05, 4.69) is 21.2 Å². The Morgan fingerprint density at radius 3 is 2.67 bits per heavy atom. The normalized spacial score (nSPS) is 21.8. The molecule has 1 saturated heterocycles. The summed E-state index contributed by atoms with van der Waals surface area (Å²) in [6, 6.07) is 5.99. The first-order valence-corrected chi connectivity index (χ1v) is 8.43. The SMILES string of the molecule is CN(C)c1ccc(Br)cc1NC1CCS(=O)(=O)C1. The van der Waals surface area contributed by atoms with Crippen molar-refractivity contribution in [2.75, 3.05) is 35.8 Å². The average Bonchev–Trinajstić information content (AvgIpc) is 2.57. The first-order valence-electron chi connectivity index (χ1n) is 5.81. The second-order valence-electron chi connectivity index (χ2n) is 4.80. The monoisotopic (exact) mass is 332 g/mol. The van der Waals surface area contributed by atoms with Gasteiger partial charge in [0.2, 0.25) is 0 Å². The Kier molecular flexibility index (Phi) is 3.87. The van der Waals surface area contributed by atoms with Gasteiger partial charge < -0.3 is 10.2 Å². The fraction of sp³-hybridized carbons (Fsp3) is 0.500. The molecule has 0 spiro atoms. The molecule has 1 aliphatic heterocycles. The maximum atomic E-state index is 11.5. The van der Waals surface area contributed by atoms with Gasteiger partial charge in [-0.05, 0) is 24.6 Å². The van der Waals surface area contributed by atoms with Gasteiger partial charge in [0.05, 0.1) is 22.9 Å². The van der Waals surface area contributed by atoms with Crippen molar-refractivity contribution >= 4 is 37.1 Å². The lowest BCUT2D eigenvalue weighted by atomic mass is 10.2. The lowest BCUT2D eigenvalue weighted by Gasteiger charge is -2.21. The van der Waals surface area contributed by atoms with E-state index in [1.807, 2.05) is 37.2 Å². The quantitative estimate of drug-likeness (QED) is 0.921. The van der Waals surface area contributed by atoms with Gasteiger partial charge in [0, 0.05) is 24.6 Å². The highest BCUT2D eigenvalue weighted by atomic mass is 79.9. The van der Waals surface area contributed by atoms with Gasteiger partial charge in [0.25, 0.3) is 0 Å². The molecular formula is C12H17BrN2O2S. The summed E-state index contributed by atoms with van der Waals surface area (Å²) in [5.41, 5.74) is 2.03. The molecule has 0 aromatic heterocycles. The summed E-state index contributed by atoms with van der Waals surface area (Å²) in [5.74, 6) is 0.516. The van der Waals surface area contributed by atoms with Crippen LogP contribution in [0.15, 0.2) is 22.7 Å². The van der Waals surface area contributed by atoms with Gasteiger partial charge in [-0.1, -0.05) is 15.9 Å². The average molecular weight is 333 g/mol. The van der Waals surface area contributed by atoms with Crippen LogP contribution in [0.2, 0.25) is 0 Å². The molecule has 4 nitrogen and oxygen atoms in total. The topological polar surface area (TPSA) is 49.4 Å². The van der Waals surface area contributed by atoms with E-state index in [9.17, 15) is 8.42 Å². The minimum Gasteiger partial charge on any atom is -0.380 e. The molecule has 0 amide bonds. The van der Waals surface area contributed by atoms with E-state index in [1.165, 1.54) is 0 Å². The predicted molar refractivity (Wildman–Crippen MR) is 79.2 cm³/mol.